The Bertz CT molecular complexity index is 1300. The van der Waals surface area contributed by atoms with Crippen LogP contribution in [0.15, 0.2) is 57.9 Å². The number of imidazole rings is 1. The molecule has 4 rings (SSSR count). The monoisotopic (exact) mass is 424 g/mol. The van der Waals surface area contributed by atoms with Crippen LogP contribution in [0.3, 0.4) is 0 Å². The third-order valence-electron chi connectivity index (χ3n) is 5.64. The van der Waals surface area contributed by atoms with E-state index in [-0.39, 0.29) is 24.9 Å². The molecule has 162 valence electrons. The highest BCUT2D eigenvalue weighted by molar-refractivity contribution is 5.77. The number of aliphatic hydroxyl groups excluding tert-OH is 1. The van der Waals surface area contributed by atoms with Crippen molar-refractivity contribution in [2.24, 2.45) is 13.0 Å². The van der Waals surface area contributed by atoms with E-state index in [0.29, 0.717) is 36.4 Å². The van der Waals surface area contributed by atoms with Crippen molar-refractivity contribution < 1.29 is 9.50 Å². The standard InChI is InChI=1S/C23H25FN4O3/c1-15-4-8-17(9-5-15)20-25-21-19(28(20)14-16-6-10-18(24)11-7-16)22(30)27(12-3-13-29)23(31)26(21)2/h4-6,8-11,16,29H,3,7,12-14H2,1-2H3. The third kappa shape index (κ3) is 3.90. The van der Waals surface area contributed by atoms with Gasteiger partial charge >= 0.3 is 5.69 Å². The molecule has 0 radical (unpaired) electrons. The minimum absolute atomic E-state index is 0.0105. The number of allylic oxidation sites excluding steroid dienone is 4. The average Bonchev–Trinajstić information content (AvgIpc) is 3.14. The first-order valence-corrected chi connectivity index (χ1v) is 10.3. The Morgan fingerprint density at radius 1 is 1.19 bits per heavy atom. The zero-order valence-electron chi connectivity index (χ0n) is 17.6. The highest BCUT2D eigenvalue weighted by atomic mass is 19.1. The summed E-state index contributed by atoms with van der Waals surface area (Å²) in [5.74, 6) is 0.313. The Morgan fingerprint density at radius 3 is 2.58 bits per heavy atom. The SMILES string of the molecule is Cc1ccc(-c2nc3c(c(=O)n(CCCO)c(=O)n3C)n2CC2C=CC(F)=CC2)cc1. The Morgan fingerprint density at radius 2 is 1.94 bits per heavy atom. The fourth-order valence-electron chi connectivity index (χ4n) is 3.91. The van der Waals surface area contributed by atoms with Gasteiger partial charge in [-0.2, -0.15) is 0 Å². The molecule has 2 heterocycles. The van der Waals surface area contributed by atoms with Gasteiger partial charge in [0.15, 0.2) is 11.2 Å². The Kier molecular flexibility index (Phi) is 5.73. The van der Waals surface area contributed by atoms with E-state index < -0.39 is 11.2 Å². The summed E-state index contributed by atoms with van der Waals surface area (Å²) in [7, 11) is 1.59. The van der Waals surface area contributed by atoms with Gasteiger partial charge in [-0.3, -0.25) is 13.9 Å². The van der Waals surface area contributed by atoms with Gasteiger partial charge in [0, 0.05) is 32.3 Å². The first kappa shape index (κ1) is 21.0. The van der Waals surface area contributed by atoms with E-state index in [0.717, 1.165) is 15.7 Å². The number of aromatic nitrogens is 4. The van der Waals surface area contributed by atoms with E-state index in [1.165, 1.54) is 16.7 Å². The summed E-state index contributed by atoms with van der Waals surface area (Å²) in [4.78, 5) is 30.8. The molecule has 3 aromatic rings. The van der Waals surface area contributed by atoms with Crippen LogP contribution in [-0.4, -0.2) is 30.4 Å². The number of nitrogens with zero attached hydrogens (tertiary/aromatic N) is 4. The van der Waals surface area contributed by atoms with E-state index in [9.17, 15) is 19.1 Å². The molecule has 7 nitrogen and oxygen atoms in total. The lowest BCUT2D eigenvalue weighted by Gasteiger charge is -2.17. The van der Waals surface area contributed by atoms with Crippen molar-refractivity contribution in [1.29, 1.82) is 0 Å². The second-order valence-corrected chi connectivity index (χ2v) is 7.90. The largest absolute Gasteiger partial charge is 0.396 e. The van der Waals surface area contributed by atoms with Gasteiger partial charge in [-0.15, -0.1) is 0 Å². The molecule has 0 bridgehead atoms. The quantitative estimate of drug-likeness (QED) is 0.660. The van der Waals surface area contributed by atoms with Gasteiger partial charge in [0.2, 0.25) is 0 Å². The van der Waals surface area contributed by atoms with Crippen LogP contribution in [-0.2, 0) is 20.1 Å². The van der Waals surface area contributed by atoms with Crippen molar-refractivity contribution >= 4 is 11.2 Å². The molecule has 8 heteroatoms. The van der Waals surface area contributed by atoms with Crippen molar-refractivity contribution in [3.63, 3.8) is 0 Å². The van der Waals surface area contributed by atoms with Crippen molar-refractivity contribution in [1.82, 2.24) is 18.7 Å². The number of halogens is 1. The molecule has 2 aromatic heterocycles. The second kappa shape index (κ2) is 8.47. The fraction of sp³-hybridized carbons (Fsp3) is 0.348. The summed E-state index contributed by atoms with van der Waals surface area (Å²) in [6.45, 7) is 2.42. The van der Waals surface area contributed by atoms with Crippen LogP contribution in [0.25, 0.3) is 22.6 Å². The van der Waals surface area contributed by atoms with Gasteiger partial charge in [-0.1, -0.05) is 35.9 Å². The van der Waals surface area contributed by atoms with Gasteiger partial charge in [0.05, 0.1) is 0 Å². The Labute approximate surface area is 178 Å². The smallest absolute Gasteiger partial charge is 0.332 e. The third-order valence-corrected chi connectivity index (χ3v) is 5.64. The van der Waals surface area contributed by atoms with Crippen molar-refractivity contribution in [2.75, 3.05) is 6.61 Å². The predicted octanol–water partition coefficient (Wildman–Crippen LogP) is 2.68. The molecule has 0 saturated heterocycles. The summed E-state index contributed by atoms with van der Waals surface area (Å²) >= 11 is 0. The number of hydrogen-bond acceptors (Lipinski definition) is 4. The molecule has 1 N–H and O–H groups in total. The normalized spacial score (nSPS) is 16.1. The van der Waals surface area contributed by atoms with E-state index in [1.54, 1.807) is 13.1 Å². The minimum Gasteiger partial charge on any atom is -0.396 e. The second-order valence-electron chi connectivity index (χ2n) is 7.90. The van der Waals surface area contributed by atoms with Crippen LogP contribution in [0.4, 0.5) is 4.39 Å². The predicted molar refractivity (Wildman–Crippen MR) is 118 cm³/mol. The number of rotatable bonds is 6. The summed E-state index contributed by atoms with van der Waals surface area (Å²) in [5.41, 5.74) is 1.68. The summed E-state index contributed by atoms with van der Waals surface area (Å²) in [5, 5.41) is 9.17. The molecule has 0 spiro atoms. The van der Waals surface area contributed by atoms with Gasteiger partial charge in [0.25, 0.3) is 5.56 Å². The van der Waals surface area contributed by atoms with Crippen molar-refractivity contribution in [2.45, 2.75) is 32.9 Å². The zero-order valence-corrected chi connectivity index (χ0v) is 17.6. The van der Waals surface area contributed by atoms with Crippen LogP contribution in [0, 0.1) is 12.8 Å². The van der Waals surface area contributed by atoms with Gasteiger partial charge in [-0.25, -0.2) is 14.2 Å². The van der Waals surface area contributed by atoms with E-state index >= 15 is 0 Å². The van der Waals surface area contributed by atoms with Gasteiger partial charge in [0.1, 0.15) is 11.7 Å². The van der Waals surface area contributed by atoms with Gasteiger partial charge < -0.3 is 9.67 Å². The summed E-state index contributed by atoms with van der Waals surface area (Å²) in [6, 6.07) is 7.81. The topological polar surface area (TPSA) is 82.1 Å². The lowest BCUT2D eigenvalue weighted by Crippen LogP contribution is -2.40. The molecule has 0 fully saturated rings. The number of benzene rings is 1. The average molecular weight is 424 g/mol. The molecule has 1 aromatic carbocycles. The lowest BCUT2D eigenvalue weighted by atomic mass is 10.00. The molecular formula is C23H25FN4O3. The first-order chi connectivity index (χ1) is 14.9. The lowest BCUT2D eigenvalue weighted by molar-refractivity contribution is 0.277. The van der Waals surface area contributed by atoms with E-state index in [2.05, 4.69) is 4.98 Å². The molecular weight excluding hydrogens is 399 g/mol. The first-order valence-electron chi connectivity index (χ1n) is 10.3. The molecule has 1 aliphatic carbocycles. The van der Waals surface area contributed by atoms with Crippen LogP contribution >= 0.6 is 0 Å². The maximum Gasteiger partial charge on any atom is 0.332 e. The number of aliphatic hydroxyl groups is 1. The maximum atomic E-state index is 13.4. The summed E-state index contributed by atoms with van der Waals surface area (Å²) in [6.07, 6.45) is 5.58. The van der Waals surface area contributed by atoms with E-state index in [1.807, 2.05) is 35.8 Å². The minimum atomic E-state index is -0.464. The molecule has 0 aliphatic heterocycles. The van der Waals surface area contributed by atoms with Crippen molar-refractivity contribution in [3.05, 3.63) is 74.7 Å². The van der Waals surface area contributed by atoms with Crippen molar-refractivity contribution in [3.8, 4) is 11.4 Å². The van der Waals surface area contributed by atoms with E-state index in [4.69, 9.17) is 0 Å². The molecule has 1 atom stereocenters. The number of aryl methyl sites for hydroxylation is 2. The molecule has 1 aliphatic rings. The van der Waals surface area contributed by atoms with Crippen LogP contribution in [0.2, 0.25) is 0 Å². The zero-order chi connectivity index (χ0) is 22.1. The van der Waals surface area contributed by atoms with Crippen LogP contribution in [0.1, 0.15) is 18.4 Å². The Balaban J connectivity index is 1.95. The fourth-order valence-corrected chi connectivity index (χ4v) is 3.91. The number of fused-ring (bicyclic) bond motifs is 1. The Hall–Kier alpha value is -3.26. The molecule has 1 unspecified atom stereocenters. The maximum absolute atomic E-state index is 13.4. The molecule has 0 amide bonds. The molecule has 31 heavy (non-hydrogen) atoms. The van der Waals surface area contributed by atoms with Crippen LogP contribution < -0.4 is 11.2 Å². The number of hydrogen-bond donors (Lipinski definition) is 1. The highest BCUT2D eigenvalue weighted by Gasteiger charge is 2.23. The summed E-state index contributed by atoms with van der Waals surface area (Å²) < 4.78 is 17.8. The highest BCUT2D eigenvalue weighted by Crippen LogP contribution is 2.27. The van der Waals surface area contributed by atoms with Crippen LogP contribution in [0.5, 0.6) is 0 Å². The molecule has 0 saturated carbocycles. The van der Waals surface area contributed by atoms with Gasteiger partial charge in [-0.05, 0) is 37.8 Å².